The van der Waals surface area contributed by atoms with Crippen molar-refractivity contribution < 1.29 is 14.3 Å². The maximum Gasteiger partial charge on any atom is 0.338 e. The van der Waals surface area contributed by atoms with Crippen molar-refractivity contribution in [2.45, 2.75) is 44.9 Å². The molecule has 0 amide bonds. The van der Waals surface area contributed by atoms with Gasteiger partial charge in [0.05, 0.1) is 5.56 Å². The Kier molecular flexibility index (Phi) is 5.54. The van der Waals surface area contributed by atoms with E-state index in [2.05, 4.69) is 6.58 Å². The smallest absolute Gasteiger partial charge is 0.338 e. The number of aromatic carboxylic acids is 1. The molecule has 1 fully saturated rings. The number of benzene rings is 1. The predicted molar refractivity (Wildman–Crippen MR) is 81.9 cm³/mol. The third-order valence-electron chi connectivity index (χ3n) is 4.57. The zero-order valence-corrected chi connectivity index (χ0v) is 12.4. The van der Waals surface area contributed by atoms with E-state index in [0.717, 1.165) is 30.7 Å². The Hall–Kier alpha value is -1.64. The molecule has 0 radical (unpaired) electrons. The largest absolute Gasteiger partial charge is 0.478 e. The molecule has 114 valence electrons. The molecule has 0 spiro atoms. The lowest BCUT2D eigenvalue weighted by molar-refractivity contribution is 0.0692. The minimum atomic E-state index is -1.21. The zero-order chi connectivity index (χ0) is 15.2. The molecule has 1 aliphatic carbocycles. The topological polar surface area (TPSA) is 37.3 Å². The van der Waals surface area contributed by atoms with E-state index in [1.807, 2.05) is 6.08 Å². The van der Waals surface area contributed by atoms with Crippen LogP contribution in [0.1, 0.15) is 54.4 Å². The quantitative estimate of drug-likeness (QED) is 0.761. The van der Waals surface area contributed by atoms with Gasteiger partial charge >= 0.3 is 5.97 Å². The van der Waals surface area contributed by atoms with Crippen molar-refractivity contribution in [2.75, 3.05) is 0 Å². The van der Waals surface area contributed by atoms with Crippen LogP contribution in [0.25, 0.3) is 0 Å². The number of rotatable bonds is 6. The number of carboxylic acid groups (broad SMARTS) is 1. The van der Waals surface area contributed by atoms with Crippen molar-refractivity contribution in [1.29, 1.82) is 0 Å². The summed E-state index contributed by atoms with van der Waals surface area (Å²) in [5.41, 5.74) is 0.648. The van der Waals surface area contributed by atoms with Crippen LogP contribution < -0.4 is 0 Å². The van der Waals surface area contributed by atoms with E-state index in [1.54, 1.807) is 6.07 Å². The molecule has 1 aliphatic rings. The number of carboxylic acids is 1. The highest BCUT2D eigenvalue weighted by Gasteiger charge is 2.20. The zero-order valence-electron chi connectivity index (χ0n) is 12.4. The van der Waals surface area contributed by atoms with Gasteiger partial charge in [-0.15, -0.1) is 6.58 Å². The molecule has 3 heteroatoms. The predicted octanol–water partition coefficient (Wildman–Crippen LogP) is 4.84. The summed E-state index contributed by atoms with van der Waals surface area (Å²) < 4.78 is 13.6. The van der Waals surface area contributed by atoms with E-state index in [9.17, 15) is 9.18 Å². The van der Waals surface area contributed by atoms with E-state index in [-0.39, 0.29) is 5.56 Å². The lowest BCUT2D eigenvalue weighted by Crippen LogP contribution is -2.14. The summed E-state index contributed by atoms with van der Waals surface area (Å²) in [5.74, 6) is -0.325. The van der Waals surface area contributed by atoms with E-state index >= 15 is 0 Å². The van der Waals surface area contributed by atoms with Crippen LogP contribution in [0.5, 0.6) is 0 Å². The Balaban J connectivity index is 1.82. The Labute approximate surface area is 125 Å². The van der Waals surface area contributed by atoms with Crippen molar-refractivity contribution in [3.8, 4) is 0 Å². The molecule has 1 N–H and O–H groups in total. The van der Waals surface area contributed by atoms with Crippen LogP contribution in [-0.4, -0.2) is 11.1 Å². The lowest BCUT2D eigenvalue weighted by atomic mass is 9.78. The fourth-order valence-electron chi connectivity index (χ4n) is 3.25. The normalized spacial score (nSPS) is 22.0. The number of aryl methyl sites for hydroxylation is 1. The van der Waals surface area contributed by atoms with Gasteiger partial charge in [-0.1, -0.05) is 25.0 Å². The van der Waals surface area contributed by atoms with Crippen molar-refractivity contribution in [3.63, 3.8) is 0 Å². The van der Waals surface area contributed by atoms with Crippen LogP contribution >= 0.6 is 0 Å². The molecule has 1 aromatic carbocycles. The first kappa shape index (κ1) is 15.7. The van der Waals surface area contributed by atoms with Crippen molar-refractivity contribution >= 4 is 5.97 Å². The fourth-order valence-corrected chi connectivity index (χ4v) is 3.25. The van der Waals surface area contributed by atoms with Crippen LogP contribution in [0.2, 0.25) is 0 Å². The van der Waals surface area contributed by atoms with E-state index in [4.69, 9.17) is 5.11 Å². The molecule has 0 heterocycles. The molecule has 0 atom stereocenters. The summed E-state index contributed by atoms with van der Waals surface area (Å²) in [4.78, 5) is 10.8. The number of halogens is 1. The number of hydrogen-bond donors (Lipinski definition) is 1. The third kappa shape index (κ3) is 4.42. The highest BCUT2D eigenvalue weighted by molar-refractivity contribution is 5.87. The lowest BCUT2D eigenvalue weighted by Gasteiger charge is -2.27. The fraction of sp³-hybridized carbons (Fsp3) is 0.500. The van der Waals surface area contributed by atoms with Gasteiger partial charge in [0.2, 0.25) is 0 Å². The Morgan fingerprint density at radius 1 is 1.29 bits per heavy atom. The molecule has 1 aromatic rings. The Morgan fingerprint density at radius 3 is 2.52 bits per heavy atom. The summed E-state index contributed by atoms with van der Waals surface area (Å²) >= 11 is 0. The Bertz CT molecular complexity index is 502. The van der Waals surface area contributed by atoms with E-state index in [0.29, 0.717) is 5.92 Å². The van der Waals surface area contributed by atoms with E-state index in [1.165, 1.54) is 37.8 Å². The first-order valence-electron chi connectivity index (χ1n) is 7.72. The van der Waals surface area contributed by atoms with Gasteiger partial charge in [0.25, 0.3) is 0 Å². The summed E-state index contributed by atoms with van der Waals surface area (Å²) in [5, 5.41) is 8.81. The van der Waals surface area contributed by atoms with Gasteiger partial charge in [0.15, 0.2) is 0 Å². The first-order valence-corrected chi connectivity index (χ1v) is 7.72. The number of allylic oxidation sites excluding steroid dienone is 1. The average Bonchev–Trinajstić information content (AvgIpc) is 2.46. The van der Waals surface area contributed by atoms with Crippen molar-refractivity contribution in [2.24, 2.45) is 11.8 Å². The molecule has 2 nitrogen and oxygen atoms in total. The van der Waals surface area contributed by atoms with Gasteiger partial charge in [0.1, 0.15) is 5.82 Å². The second kappa shape index (κ2) is 7.39. The maximum absolute atomic E-state index is 13.6. The highest BCUT2D eigenvalue weighted by atomic mass is 19.1. The van der Waals surface area contributed by atoms with Crippen molar-refractivity contribution in [1.82, 2.24) is 0 Å². The van der Waals surface area contributed by atoms with E-state index < -0.39 is 11.8 Å². The second-order valence-electron chi connectivity index (χ2n) is 6.07. The number of hydrogen-bond acceptors (Lipinski definition) is 1. The summed E-state index contributed by atoms with van der Waals surface area (Å²) in [6.45, 7) is 3.80. The molecule has 1 saturated carbocycles. The molecule has 21 heavy (non-hydrogen) atoms. The van der Waals surface area contributed by atoms with Gasteiger partial charge in [0, 0.05) is 0 Å². The van der Waals surface area contributed by atoms with Gasteiger partial charge in [-0.25, -0.2) is 9.18 Å². The van der Waals surface area contributed by atoms with Crippen LogP contribution in [0.4, 0.5) is 4.39 Å². The second-order valence-corrected chi connectivity index (χ2v) is 6.07. The highest BCUT2D eigenvalue weighted by Crippen LogP contribution is 2.33. The molecule has 0 saturated heterocycles. The van der Waals surface area contributed by atoms with Crippen LogP contribution in [0.15, 0.2) is 30.9 Å². The van der Waals surface area contributed by atoms with Gasteiger partial charge < -0.3 is 5.11 Å². The molecular formula is C18H23FO2. The van der Waals surface area contributed by atoms with Crippen molar-refractivity contribution in [3.05, 3.63) is 47.8 Å². The third-order valence-corrected chi connectivity index (χ3v) is 4.57. The standard InChI is InChI=1S/C18H23FO2/c1-2-3-13-4-6-14(7-5-13)8-9-15-10-11-16(18(20)21)17(19)12-15/h2,10-14H,1,3-9H2,(H,20,21). The van der Waals surface area contributed by atoms with Crippen LogP contribution in [0, 0.1) is 17.7 Å². The average molecular weight is 290 g/mol. The first-order chi connectivity index (χ1) is 10.1. The minimum absolute atomic E-state index is 0.247. The summed E-state index contributed by atoms with van der Waals surface area (Å²) in [7, 11) is 0. The molecule has 0 aliphatic heterocycles. The molecular weight excluding hydrogens is 267 g/mol. The number of carbonyl (C=O) groups is 1. The van der Waals surface area contributed by atoms with Gasteiger partial charge in [-0.2, -0.15) is 0 Å². The monoisotopic (exact) mass is 290 g/mol. The Morgan fingerprint density at radius 2 is 1.95 bits per heavy atom. The van der Waals surface area contributed by atoms with Crippen LogP contribution in [0.3, 0.4) is 0 Å². The maximum atomic E-state index is 13.6. The molecule has 0 unspecified atom stereocenters. The molecule has 0 bridgehead atoms. The van der Waals surface area contributed by atoms with Gasteiger partial charge in [-0.05, 0) is 61.6 Å². The summed E-state index contributed by atoms with van der Waals surface area (Å²) in [6, 6.07) is 4.47. The molecule has 0 aromatic heterocycles. The summed E-state index contributed by atoms with van der Waals surface area (Å²) in [6.07, 6.45) is 10.0. The van der Waals surface area contributed by atoms with Crippen LogP contribution in [-0.2, 0) is 6.42 Å². The SMILES string of the molecule is C=CCC1CCC(CCc2ccc(C(=O)O)c(F)c2)CC1. The minimum Gasteiger partial charge on any atom is -0.478 e. The molecule has 2 rings (SSSR count). The van der Waals surface area contributed by atoms with Gasteiger partial charge in [-0.3, -0.25) is 0 Å².